The van der Waals surface area contributed by atoms with E-state index < -0.39 is 6.17 Å². The first-order chi connectivity index (χ1) is 16.1. The van der Waals surface area contributed by atoms with Gasteiger partial charge in [0, 0.05) is 31.6 Å². The van der Waals surface area contributed by atoms with Crippen LogP contribution in [0.25, 0.3) is 0 Å². The molecule has 0 aromatic heterocycles. The number of benzodiazepines with no additional fused rings is 1. The number of amides is 2. The highest BCUT2D eigenvalue weighted by atomic mass is 16.2. The Labute approximate surface area is 198 Å². The van der Waals surface area contributed by atoms with Crippen LogP contribution in [0.15, 0.2) is 29.3 Å². The zero-order valence-electron chi connectivity index (χ0n) is 20.4. The number of aliphatic imine (C=N–C) groups is 1. The monoisotopic (exact) mass is 452 g/mol. The van der Waals surface area contributed by atoms with E-state index in [0.717, 1.165) is 49.2 Å². The molecular formula is C27H40N4O2. The number of hydrogen-bond acceptors (Lipinski definition) is 4. The van der Waals surface area contributed by atoms with E-state index in [2.05, 4.69) is 30.3 Å². The molecule has 2 amide bonds. The van der Waals surface area contributed by atoms with E-state index in [1.807, 2.05) is 23.1 Å². The Hall–Kier alpha value is -2.37. The molecule has 2 fully saturated rings. The number of hydrogen-bond donors (Lipinski definition) is 1. The van der Waals surface area contributed by atoms with Crippen LogP contribution in [0.5, 0.6) is 0 Å². The molecule has 0 spiro atoms. The molecule has 2 saturated carbocycles. The molecule has 1 heterocycles. The third-order valence-corrected chi connectivity index (χ3v) is 7.59. The normalized spacial score (nSPS) is 22.4. The molecule has 0 radical (unpaired) electrons. The molecule has 6 nitrogen and oxygen atoms in total. The summed E-state index contributed by atoms with van der Waals surface area (Å²) in [7, 11) is 2.10. The summed E-state index contributed by atoms with van der Waals surface area (Å²) in [5.74, 6) is 1.07. The van der Waals surface area contributed by atoms with Crippen LogP contribution in [0, 0.1) is 5.92 Å². The molecule has 0 bridgehead atoms. The fourth-order valence-electron chi connectivity index (χ4n) is 5.75. The minimum absolute atomic E-state index is 0.0499. The molecule has 1 aliphatic heterocycles. The van der Waals surface area contributed by atoms with Gasteiger partial charge < -0.3 is 15.1 Å². The van der Waals surface area contributed by atoms with Crippen LogP contribution in [0.3, 0.4) is 0 Å². The van der Waals surface area contributed by atoms with Gasteiger partial charge in [0.15, 0.2) is 0 Å². The number of carbonyl (C=O) groups is 2. The first-order valence-corrected chi connectivity index (χ1v) is 13.1. The van der Waals surface area contributed by atoms with Crippen molar-refractivity contribution in [2.45, 2.75) is 96.2 Å². The Morgan fingerprint density at radius 1 is 1.06 bits per heavy atom. The second kappa shape index (κ2) is 11.2. The fourth-order valence-corrected chi connectivity index (χ4v) is 5.75. The first-order valence-electron chi connectivity index (χ1n) is 13.1. The fraction of sp³-hybridized carbons (Fsp3) is 0.667. The van der Waals surface area contributed by atoms with Crippen LogP contribution in [-0.2, 0) is 9.59 Å². The minimum Gasteiger partial charge on any atom is -0.356 e. The zero-order chi connectivity index (χ0) is 23.2. The molecule has 2 aliphatic carbocycles. The lowest BCUT2D eigenvalue weighted by Crippen LogP contribution is -2.48. The lowest BCUT2D eigenvalue weighted by Gasteiger charge is -2.34. The summed E-state index contributed by atoms with van der Waals surface area (Å²) in [6.07, 6.45) is 12.4. The molecule has 0 saturated heterocycles. The number of nitrogens with one attached hydrogen (secondary N) is 1. The van der Waals surface area contributed by atoms with E-state index in [4.69, 9.17) is 4.99 Å². The van der Waals surface area contributed by atoms with Crippen molar-refractivity contribution < 1.29 is 9.59 Å². The average Bonchev–Trinajstić information content (AvgIpc) is 2.95. The highest BCUT2D eigenvalue weighted by Crippen LogP contribution is 2.30. The van der Waals surface area contributed by atoms with Crippen LogP contribution < -0.4 is 10.2 Å². The summed E-state index contributed by atoms with van der Waals surface area (Å²) < 4.78 is 0. The number of amidine groups is 1. The number of anilines is 1. The van der Waals surface area contributed by atoms with Crippen molar-refractivity contribution in [2.75, 3.05) is 18.5 Å². The number of para-hydroxylation sites is 1. The average molecular weight is 453 g/mol. The molecule has 1 unspecified atom stereocenters. The third kappa shape index (κ3) is 5.59. The van der Waals surface area contributed by atoms with E-state index in [0.29, 0.717) is 24.9 Å². The van der Waals surface area contributed by atoms with Crippen molar-refractivity contribution in [3.8, 4) is 0 Å². The molecule has 180 valence electrons. The maximum absolute atomic E-state index is 13.7. The van der Waals surface area contributed by atoms with Crippen molar-refractivity contribution in [1.29, 1.82) is 0 Å². The van der Waals surface area contributed by atoms with Crippen LogP contribution in [0.4, 0.5) is 5.69 Å². The largest absolute Gasteiger partial charge is 0.356 e. The lowest BCUT2D eigenvalue weighted by atomic mass is 9.87. The van der Waals surface area contributed by atoms with Crippen molar-refractivity contribution >= 4 is 23.3 Å². The Balaban J connectivity index is 1.64. The summed E-state index contributed by atoms with van der Waals surface area (Å²) in [4.78, 5) is 35.7. The predicted molar refractivity (Wildman–Crippen MR) is 133 cm³/mol. The van der Waals surface area contributed by atoms with Gasteiger partial charge in [-0.1, -0.05) is 57.6 Å². The van der Waals surface area contributed by atoms with E-state index in [1.54, 1.807) is 0 Å². The van der Waals surface area contributed by atoms with Crippen LogP contribution in [-0.4, -0.2) is 48.3 Å². The number of nitrogens with zero attached hydrogens (tertiary/aromatic N) is 3. The van der Waals surface area contributed by atoms with Gasteiger partial charge in [0.05, 0.1) is 5.69 Å². The topological polar surface area (TPSA) is 65.0 Å². The summed E-state index contributed by atoms with van der Waals surface area (Å²) in [5, 5.41) is 3.02. The Kier molecular flexibility index (Phi) is 8.05. The van der Waals surface area contributed by atoms with Gasteiger partial charge in [0.2, 0.25) is 12.1 Å². The first kappa shape index (κ1) is 23.8. The number of benzene rings is 1. The molecule has 4 rings (SSSR count). The number of carbonyl (C=O) groups excluding carboxylic acids is 2. The summed E-state index contributed by atoms with van der Waals surface area (Å²) in [5.41, 5.74) is 1.88. The van der Waals surface area contributed by atoms with Gasteiger partial charge in [-0.2, -0.15) is 0 Å². The minimum atomic E-state index is -0.874. The smallest absolute Gasteiger partial charge is 0.272 e. The molecule has 3 aliphatic rings. The second-order valence-corrected chi connectivity index (χ2v) is 10.0. The molecule has 1 atom stereocenters. The molecule has 1 aromatic rings. The van der Waals surface area contributed by atoms with E-state index in [-0.39, 0.29) is 11.8 Å². The Morgan fingerprint density at radius 3 is 2.42 bits per heavy atom. The Bertz CT molecular complexity index is 855. The van der Waals surface area contributed by atoms with Crippen molar-refractivity contribution in [3.05, 3.63) is 29.8 Å². The molecular weight excluding hydrogens is 412 g/mol. The third-order valence-electron chi connectivity index (χ3n) is 7.59. The van der Waals surface area contributed by atoms with E-state index in [1.165, 1.54) is 38.5 Å². The van der Waals surface area contributed by atoms with Crippen molar-refractivity contribution in [3.63, 3.8) is 0 Å². The number of fused-ring (bicyclic) bond motifs is 1. The van der Waals surface area contributed by atoms with Gasteiger partial charge in [-0.05, 0) is 50.2 Å². The van der Waals surface area contributed by atoms with Gasteiger partial charge in [-0.25, -0.2) is 4.99 Å². The summed E-state index contributed by atoms with van der Waals surface area (Å²) in [6, 6.07) is 8.49. The quantitative estimate of drug-likeness (QED) is 0.670. The van der Waals surface area contributed by atoms with Gasteiger partial charge in [-0.3, -0.25) is 9.59 Å². The van der Waals surface area contributed by atoms with Gasteiger partial charge >= 0.3 is 0 Å². The Morgan fingerprint density at radius 2 is 1.73 bits per heavy atom. The maximum atomic E-state index is 13.7. The molecule has 33 heavy (non-hydrogen) atoms. The van der Waals surface area contributed by atoms with Gasteiger partial charge in [0.25, 0.3) is 5.91 Å². The zero-order valence-corrected chi connectivity index (χ0v) is 20.4. The van der Waals surface area contributed by atoms with Crippen molar-refractivity contribution in [1.82, 2.24) is 10.2 Å². The summed E-state index contributed by atoms with van der Waals surface area (Å²) >= 11 is 0. The highest BCUT2D eigenvalue weighted by molar-refractivity contribution is 6.12. The summed E-state index contributed by atoms with van der Waals surface area (Å²) in [6.45, 7) is 2.69. The predicted octanol–water partition coefficient (Wildman–Crippen LogP) is 4.87. The van der Waals surface area contributed by atoms with Crippen LogP contribution in [0.1, 0.15) is 89.5 Å². The lowest BCUT2D eigenvalue weighted by molar-refractivity contribution is -0.128. The second-order valence-electron chi connectivity index (χ2n) is 10.0. The maximum Gasteiger partial charge on any atom is 0.272 e. The van der Waals surface area contributed by atoms with Gasteiger partial charge in [0.1, 0.15) is 5.84 Å². The van der Waals surface area contributed by atoms with Crippen LogP contribution >= 0.6 is 0 Å². The SMILES string of the molecule is CCCN1C(=O)C(NC(=O)CC2CCCCC2)N=C(N(C)C2CCCCC2)c2ccccc21. The highest BCUT2D eigenvalue weighted by Gasteiger charge is 2.35. The standard InChI is InChI=1S/C27H40N4O2/c1-3-18-31-23-17-11-10-16-22(23)26(30(2)21-14-8-5-9-15-21)29-25(27(31)33)28-24(32)19-20-12-6-4-7-13-20/h10-11,16-17,20-21,25H,3-9,12-15,18-19H2,1-2H3,(H,28,32). The molecule has 1 N–H and O–H groups in total. The molecule has 6 heteroatoms. The van der Waals surface area contributed by atoms with Gasteiger partial charge in [-0.15, -0.1) is 0 Å². The molecule has 1 aromatic carbocycles. The number of rotatable bonds is 6. The van der Waals surface area contributed by atoms with E-state index >= 15 is 0 Å². The van der Waals surface area contributed by atoms with E-state index in [9.17, 15) is 9.59 Å². The van der Waals surface area contributed by atoms with Crippen molar-refractivity contribution in [2.24, 2.45) is 10.9 Å². The van der Waals surface area contributed by atoms with Crippen LogP contribution in [0.2, 0.25) is 0 Å².